The SMILES string of the molecule is CCc1noc(CN(C)C2CCN(c3ccccc3F)C2=O)n1. The summed E-state index contributed by atoms with van der Waals surface area (Å²) < 4.78 is 19.1. The van der Waals surface area contributed by atoms with Gasteiger partial charge >= 0.3 is 0 Å². The highest BCUT2D eigenvalue weighted by Crippen LogP contribution is 2.26. The number of hydrogen-bond donors (Lipinski definition) is 0. The molecule has 0 N–H and O–H groups in total. The molecule has 1 unspecified atom stereocenters. The van der Waals surface area contributed by atoms with Gasteiger partial charge in [-0.05, 0) is 25.6 Å². The number of halogens is 1. The predicted octanol–water partition coefficient (Wildman–Crippen LogP) is 2.01. The molecule has 1 aromatic heterocycles. The number of para-hydroxylation sites is 1. The molecule has 0 spiro atoms. The Kier molecular flexibility index (Phi) is 4.38. The Morgan fingerprint density at radius 2 is 2.22 bits per heavy atom. The van der Waals surface area contributed by atoms with E-state index >= 15 is 0 Å². The molecule has 7 heteroatoms. The number of amides is 1. The van der Waals surface area contributed by atoms with Gasteiger partial charge in [-0.2, -0.15) is 4.98 Å². The zero-order chi connectivity index (χ0) is 16.4. The highest BCUT2D eigenvalue weighted by atomic mass is 19.1. The van der Waals surface area contributed by atoms with Gasteiger partial charge in [0, 0.05) is 13.0 Å². The summed E-state index contributed by atoms with van der Waals surface area (Å²) in [6.45, 7) is 2.85. The maximum Gasteiger partial charge on any atom is 0.244 e. The van der Waals surface area contributed by atoms with Crippen molar-refractivity contribution in [3.05, 3.63) is 41.8 Å². The molecule has 2 aromatic rings. The van der Waals surface area contributed by atoms with Crippen LogP contribution < -0.4 is 4.90 Å². The summed E-state index contributed by atoms with van der Waals surface area (Å²) in [6, 6.07) is 6.02. The van der Waals surface area contributed by atoms with Crippen LogP contribution in [0.3, 0.4) is 0 Å². The lowest BCUT2D eigenvalue weighted by molar-refractivity contribution is -0.121. The fourth-order valence-electron chi connectivity index (χ4n) is 2.81. The highest BCUT2D eigenvalue weighted by molar-refractivity contribution is 5.99. The summed E-state index contributed by atoms with van der Waals surface area (Å²) in [5, 5.41) is 3.85. The first kappa shape index (κ1) is 15.6. The lowest BCUT2D eigenvalue weighted by atomic mass is 10.2. The third kappa shape index (κ3) is 3.10. The minimum absolute atomic E-state index is 0.104. The van der Waals surface area contributed by atoms with Crippen LogP contribution in [0.25, 0.3) is 0 Å². The molecule has 1 aromatic carbocycles. The van der Waals surface area contributed by atoms with Crippen LogP contribution in [-0.4, -0.2) is 40.6 Å². The Balaban J connectivity index is 1.70. The maximum atomic E-state index is 13.9. The molecule has 0 aliphatic carbocycles. The van der Waals surface area contributed by atoms with Crippen LogP contribution in [0.15, 0.2) is 28.8 Å². The number of carbonyl (C=O) groups excluding carboxylic acids is 1. The number of carbonyl (C=O) groups is 1. The average molecular weight is 318 g/mol. The summed E-state index contributed by atoms with van der Waals surface area (Å²) >= 11 is 0. The van der Waals surface area contributed by atoms with Gasteiger partial charge in [-0.1, -0.05) is 24.2 Å². The molecule has 3 rings (SSSR count). The molecule has 1 aliphatic heterocycles. The van der Waals surface area contributed by atoms with Gasteiger partial charge < -0.3 is 9.42 Å². The summed E-state index contributed by atoms with van der Waals surface area (Å²) in [4.78, 5) is 20.2. The average Bonchev–Trinajstić information content (AvgIpc) is 3.14. The molecule has 122 valence electrons. The molecule has 2 heterocycles. The van der Waals surface area contributed by atoms with E-state index in [1.165, 1.54) is 11.0 Å². The number of aromatic nitrogens is 2. The molecular formula is C16H19FN4O2. The molecule has 1 saturated heterocycles. The number of hydrogen-bond acceptors (Lipinski definition) is 5. The normalized spacial score (nSPS) is 18.2. The quantitative estimate of drug-likeness (QED) is 0.844. The third-order valence-electron chi connectivity index (χ3n) is 4.06. The zero-order valence-corrected chi connectivity index (χ0v) is 13.2. The fraction of sp³-hybridized carbons (Fsp3) is 0.438. The first-order chi connectivity index (χ1) is 11.1. The molecule has 1 fully saturated rings. The van der Waals surface area contributed by atoms with E-state index in [2.05, 4.69) is 10.1 Å². The molecule has 1 atom stereocenters. The second-order valence-corrected chi connectivity index (χ2v) is 5.62. The standard InChI is InChI=1S/C16H19FN4O2/c1-3-14-18-15(23-19-14)10-20(2)13-8-9-21(16(13)22)12-7-5-4-6-11(12)17/h4-7,13H,3,8-10H2,1-2H3. The Labute approximate surface area is 133 Å². The fourth-order valence-corrected chi connectivity index (χ4v) is 2.81. The van der Waals surface area contributed by atoms with Gasteiger partial charge in [0.2, 0.25) is 11.8 Å². The number of benzene rings is 1. The maximum absolute atomic E-state index is 13.9. The van der Waals surface area contributed by atoms with Crippen molar-refractivity contribution in [3.63, 3.8) is 0 Å². The van der Waals surface area contributed by atoms with Gasteiger partial charge in [-0.25, -0.2) is 4.39 Å². The molecule has 0 radical (unpaired) electrons. The second-order valence-electron chi connectivity index (χ2n) is 5.62. The van der Waals surface area contributed by atoms with E-state index in [-0.39, 0.29) is 17.8 Å². The van der Waals surface area contributed by atoms with E-state index in [4.69, 9.17) is 4.52 Å². The zero-order valence-electron chi connectivity index (χ0n) is 13.2. The summed E-state index contributed by atoms with van der Waals surface area (Å²) in [5.74, 6) is 0.655. The topological polar surface area (TPSA) is 62.5 Å². The van der Waals surface area contributed by atoms with Crippen molar-refractivity contribution >= 4 is 11.6 Å². The van der Waals surface area contributed by atoms with Crippen molar-refractivity contribution in [2.24, 2.45) is 0 Å². The Hall–Kier alpha value is -2.28. The van der Waals surface area contributed by atoms with E-state index in [9.17, 15) is 9.18 Å². The molecule has 0 bridgehead atoms. The summed E-state index contributed by atoms with van der Waals surface area (Å²) in [6.07, 6.45) is 1.34. The lowest BCUT2D eigenvalue weighted by Crippen LogP contribution is -2.39. The number of rotatable bonds is 5. The largest absolute Gasteiger partial charge is 0.338 e. The Morgan fingerprint density at radius 3 is 2.91 bits per heavy atom. The second kappa shape index (κ2) is 6.45. The Morgan fingerprint density at radius 1 is 1.43 bits per heavy atom. The number of anilines is 1. The molecule has 6 nitrogen and oxygen atoms in total. The van der Waals surface area contributed by atoms with Crippen LogP contribution in [0.1, 0.15) is 25.1 Å². The van der Waals surface area contributed by atoms with Crippen molar-refractivity contribution in [1.82, 2.24) is 15.0 Å². The van der Waals surface area contributed by atoms with Gasteiger partial charge in [-0.3, -0.25) is 9.69 Å². The van der Waals surface area contributed by atoms with E-state index in [1.807, 2.05) is 18.9 Å². The molecule has 23 heavy (non-hydrogen) atoms. The Bertz CT molecular complexity index is 703. The van der Waals surface area contributed by atoms with E-state index in [0.29, 0.717) is 43.3 Å². The van der Waals surface area contributed by atoms with Crippen molar-refractivity contribution < 1.29 is 13.7 Å². The van der Waals surface area contributed by atoms with Gasteiger partial charge in [0.25, 0.3) is 0 Å². The van der Waals surface area contributed by atoms with Gasteiger partial charge in [-0.15, -0.1) is 0 Å². The van der Waals surface area contributed by atoms with Crippen LogP contribution in [-0.2, 0) is 17.8 Å². The predicted molar refractivity (Wildman–Crippen MR) is 82.3 cm³/mol. The molecule has 1 amide bonds. The molecular weight excluding hydrogens is 299 g/mol. The number of likely N-dealkylation sites (N-methyl/N-ethyl adjacent to an activating group) is 1. The van der Waals surface area contributed by atoms with Crippen molar-refractivity contribution in [2.45, 2.75) is 32.4 Å². The van der Waals surface area contributed by atoms with Gasteiger partial charge in [0.05, 0.1) is 18.3 Å². The van der Waals surface area contributed by atoms with Crippen LogP contribution in [0.5, 0.6) is 0 Å². The van der Waals surface area contributed by atoms with E-state index in [0.717, 1.165) is 0 Å². The highest BCUT2D eigenvalue weighted by Gasteiger charge is 2.36. The number of aryl methyl sites for hydroxylation is 1. The molecule has 0 saturated carbocycles. The number of nitrogens with zero attached hydrogens (tertiary/aromatic N) is 4. The molecule has 1 aliphatic rings. The van der Waals surface area contributed by atoms with Crippen LogP contribution in [0.4, 0.5) is 10.1 Å². The first-order valence-corrected chi connectivity index (χ1v) is 7.67. The van der Waals surface area contributed by atoms with E-state index < -0.39 is 0 Å². The summed E-state index contributed by atoms with van der Waals surface area (Å²) in [5.41, 5.74) is 0.333. The van der Waals surface area contributed by atoms with Gasteiger partial charge in [0.1, 0.15) is 5.82 Å². The van der Waals surface area contributed by atoms with Crippen molar-refractivity contribution in [1.29, 1.82) is 0 Å². The van der Waals surface area contributed by atoms with Crippen molar-refractivity contribution in [2.75, 3.05) is 18.5 Å². The summed E-state index contributed by atoms with van der Waals surface area (Å²) in [7, 11) is 1.84. The minimum atomic E-state index is -0.381. The third-order valence-corrected chi connectivity index (χ3v) is 4.06. The minimum Gasteiger partial charge on any atom is -0.338 e. The lowest BCUT2D eigenvalue weighted by Gasteiger charge is -2.22. The van der Waals surface area contributed by atoms with E-state index in [1.54, 1.807) is 18.2 Å². The van der Waals surface area contributed by atoms with Crippen molar-refractivity contribution in [3.8, 4) is 0 Å². The van der Waals surface area contributed by atoms with Crippen LogP contribution in [0, 0.1) is 5.82 Å². The smallest absolute Gasteiger partial charge is 0.244 e. The first-order valence-electron chi connectivity index (χ1n) is 7.67. The van der Waals surface area contributed by atoms with Crippen LogP contribution in [0.2, 0.25) is 0 Å². The monoisotopic (exact) mass is 318 g/mol. The van der Waals surface area contributed by atoms with Crippen LogP contribution >= 0.6 is 0 Å². The van der Waals surface area contributed by atoms with Gasteiger partial charge in [0.15, 0.2) is 5.82 Å².